The molecule has 8 heteroatoms. The minimum absolute atomic E-state index is 0.200. The maximum atomic E-state index is 13.1. The normalized spacial score (nSPS) is 11.5. The first-order valence-electron chi connectivity index (χ1n) is 8.39. The molecular formula is C18H21FN4O3. The van der Waals surface area contributed by atoms with Crippen LogP contribution in [0.4, 0.5) is 4.39 Å². The molecule has 7 nitrogen and oxygen atoms in total. The first-order valence-corrected chi connectivity index (χ1v) is 8.39. The van der Waals surface area contributed by atoms with Crippen molar-refractivity contribution in [2.24, 2.45) is 20.0 Å². The van der Waals surface area contributed by atoms with Gasteiger partial charge in [-0.05, 0) is 36.6 Å². The van der Waals surface area contributed by atoms with Crippen molar-refractivity contribution in [2.75, 3.05) is 0 Å². The third kappa shape index (κ3) is 3.14. The van der Waals surface area contributed by atoms with Crippen LogP contribution in [-0.4, -0.2) is 18.7 Å². The molecule has 2 aromatic heterocycles. The molecule has 0 fully saturated rings. The van der Waals surface area contributed by atoms with E-state index in [0.717, 1.165) is 11.0 Å². The number of benzene rings is 1. The highest BCUT2D eigenvalue weighted by atomic mass is 19.1. The van der Waals surface area contributed by atoms with Crippen molar-refractivity contribution in [1.82, 2.24) is 18.7 Å². The second-order valence-electron chi connectivity index (χ2n) is 6.66. The maximum Gasteiger partial charge on any atom is 0.332 e. The van der Waals surface area contributed by atoms with E-state index in [0.29, 0.717) is 23.7 Å². The molecule has 0 spiro atoms. The van der Waals surface area contributed by atoms with Gasteiger partial charge in [0.2, 0.25) is 0 Å². The van der Waals surface area contributed by atoms with Crippen LogP contribution in [0.15, 0.2) is 33.9 Å². The van der Waals surface area contributed by atoms with Crippen LogP contribution in [-0.2, 0) is 20.6 Å². The van der Waals surface area contributed by atoms with E-state index >= 15 is 0 Å². The Kier molecular flexibility index (Phi) is 4.67. The van der Waals surface area contributed by atoms with E-state index < -0.39 is 11.2 Å². The summed E-state index contributed by atoms with van der Waals surface area (Å²) in [5.41, 5.74) is -0.302. The monoisotopic (exact) mass is 360 g/mol. The van der Waals surface area contributed by atoms with E-state index in [-0.39, 0.29) is 17.5 Å². The predicted molar refractivity (Wildman–Crippen MR) is 96.1 cm³/mol. The minimum atomic E-state index is -0.454. The van der Waals surface area contributed by atoms with E-state index in [9.17, 15) is 14.0 Å². The van der Waals surface area contributed by atoms with Gasteiger partial charge in [-0.1, -0.05) is 13.8 Å². The fourth-order valence-electron chi connectivity index (χ4n) is 2.71. The van der Waals surface area contributed by atoms with Gasteiger partial charge in [0.15, 0.2) is 11.2 Å². The third-order valence-electron chi connectivity index (χ3n) is 4.27. The fraction of sp³-hybridized carbons (Fsp3) is 0.389. The molecule has 0 aliphatic carbocycles. The molecule has 0 atom stereocenters. The van der Waals surface area contributed by atoms with Crippen LogP contribution >= 0.6 is 0 Å². The molecule has 0 aliphatic rings. The molecule has 0 aliphatic heterocycles. The average Bonchev–Trinajstić information content (AvgIpc) is 2.96. The maximum absolute atomic E-state index is 13.1. The number of imidazole rings is 1. The molecular weight excluding hydrogens is 339 g/mol. The molecule has 1 aromatic carbocycles. The highest BCUT2D eigenvalue weighted by Crippen LogP contribution is 2.25. The number of hydrogen-bond donors (Lipinski definition) is 0. The van der Waals surface area contributed by atoms with Gasteiger partial charge in [0.25, 0.3) is 5.56 Å². The smallest absolute Gasteiger partial charge is 0.332 e. The minimum Gasteiger partial charge on any atom is -0.425 e. The highest BCUT2D eigenvalue weighted by molar-refractivity contribution is 5.72. The van der Waals surface area contributed by atoms with Crippen LogP contribution in [0.5, 0.6) is 11.8 Å². The van der Waals surface area contributed by atoms with Crippen molar-refractivity contribution >= 4 is 11.2 Å². The molecule has 3 rings (SSSR count). The molecule has 0 unspecified atom stereocenters. The molecule has 0 saturated heterocycles. The number of hydrogen-bond acceptors (Lipinski definition) is 4. The lowest BCUT2D eigenvalue weighted by Crippen LogP contribution is -2.37. The van der Waals surface area contributed by atoms with Gasteiger partial charge >= 0.3 is 11.7 Å². The largest absolute Gasteiger partial charge is 0.425 e. The second-order valence-corrected chi connectivity index (χ2v) is 6.66. The number of fused-ring (bicyclic) bond motifs is 1. The van der Waals surface area contributed by atoms with Crippen molar-refractivity contribution in [3.63, 3.8) is 0 Å². The van der Waals surface area contributed by atoms with Crippen LogP contribution in [0, 0.1) is 11.7 Å². The van der Waals surface area contributed by atoms with Crippen LogP contribution in [0.3, 0.4) is 0 Å². The summed E-state index contributed by atoms with van der Waals surface area (Å²) in [6, 6.07) is 5.73. The van der Waals surface area contributed by atoms with Crippen LogP contribution < -0.4 is 16.0 Å². The summed E-state index contributed by atoms with van der Waals surface area (Å²) in [6.45, 7) is 4.67. The number of rotatable bonds is 5. The summed E-state index contributed by atoms with van der Waals surface area (Å²) in [7, 11) is 3.00. The number of aromatic nitrogens is 4. The highest BCUT2D eigenvalue weighted by Gasteiger charge is 2.20. The van der Waals surface area contributed by atoms with Gasteiger partial charge in [0.05, 0.1) is 0 Å². The summed E-state index contributed by atoms with van der Waals surface area (Å²) < 4.78 is 23.0. The Labute approximate surface area is 149 Å². The fourth-order valence-corrected chi connectivity index (χ4v) is 2.71. The molecule has 0 radical (unpaired) electrons. The lowest BCUT2D eigenvalue weighted by atomic mass is 10.1. The van der Waals surface area contributed by atoms with Crippen molar-refractivity contribution in [1.29, 1.82) is 0 Å². The van der Waals surface area contributed by atoms with Gasteiger partial charge in [-0.15, -0.1) is 0 Å². The molecule has 3 aromatic rings. The van der Waals surface area contributed by atoms with Gasteiger partial charge in [0.1, 0.15) is 11.6 Å². The Morgan fingerprint density at radius 1 is 1.12 bits per heavy atom. The standard InChI is InChI=1S/C18H21FN4O3/c1-11(2)9-10-23-14-15(21(3)18(25)22(4)16(14)24)20-17(23)26-13-7-5-12(19)6-8-13/h5-8,11H,9-10H2,1-4H3. The zero-order valence-corrected chi connectivity index (χ0v) is 15.2. The van der Waals surface area contributed by atoms with Crippen molar-refractivity contribution in [2.45, 2.75) is 26.8 Å². The second kappa shape index (κ2) is 6.78. The number of halogens is 1. The van der Waals surface area contributed by atoms with Crippen molar-refractivity contribution < 1.29 is 9.13 Å². The molecule has 0 amide bonds. The van der Waals surface area contributed by atoms with Gasteiger partial charge in [-0.25, -0.2) is 9.18 Å². The molecule has 0 N–H and O–H groups in total. The van der Waals surface area contributed by atoms with Crippen LogP contribution in [0.1, 0.15) is 20.3 Å². The van der Waals surface area contributed by atoms with E-state index in [4.69, 9.17) is 4.74 Å². The summed E-state index contributed by atoms with van der Waals surface area (Å²) >= 11 is 0. The molecule has 0 bridgehead atoms. The summed E-state index contributed by atoms with van der Waals surface area (Å²) in [6.07, 6.45) is 0.803. The van der Waals surface area contributed by atoms with E-state index in [1.165, 1.54) is 35.9 Å². The van der Waals surface area contributed by atoms with Gasteiger partial charge in [-0.3, -0.25) is 18.5 Å². The number of ether oxygens (including phenoxy) is 1. The topological polar surface area (TPSA) is 71.1 Å². The van der Waals surface area contributed by atoms with E-state index in [1.807, 2.05) is 0 Å². The zero-order chi connectivity index (χ0) is 19.0. The number of aryl methyl sites for hydroxylation is 2. The summed E-state index contributed by atoms with van der Waals surface area (Å²) in [5, 5.41) is 0. The Balaban J connectivity index is 2.20. The quantitative estimate of drug-likeness (QED) is 0.701. The van der Waals surface area contributed by atoms with E-state index in [1.54, 1.807) is 11.6 Å². The average molecular weight is 360 g/mol. The van der Waals surface area contributed by atoms with E-state index in [2.05, 4.69) is 18.8 Å². The predicted octanol–water partition coefficient (Wildman–Crippen LogP) is 2.41. The van der Waals surface area contributed by atoms with Gasteiger partial charge < -0.3 is 4.74 Å². The zero-order valence-electron chi connectivity index (χ0n) is 15.2. The lowest BCUT2D eigenvalue weighted by Gasteiger charge is -2.11. The Morgan fingerprint density at radius 2 is 1.77 bits per heavy atom. The first kappa shape index (κ1) is 17.9. The van der Waals surface area contributed by atoms with Gasteiger partial charge in [0, 0.05) is 20.6 Å². The number of nitrogens with zero attached hydrogens (tertiary/aromatic N) is 4. The van der Waals surface area contributed by atoms with Crippen LogP contribution in [0.2, 0.25) is 0 Å². The Morgan fingerprint density at radius 3 is 2.38 bits per heavy atom. The molecule has 26 heavy (non-hydrogen) atoms. The van der Waals surface area contributed by atoms with Crippen LogP contribution in [0.25, 0.3) is 11.2 Å². The Bertz CT molecular complexity index is 1060. The molecule has 2 heterocycles. The third-order valence-corrected chi connectivity index (χ3v) is 4.27. The lowest BCUT2D eigenvalue weighted by molar-refractivity contribution is 0.400. The molecule has 0 saturated carbocycles. The Hall–Kier alpha value is -2.90. The van der Waals surface area contributed by atoms with Crippen molar-refractivity contribution in [3.05, 3.63) is 50.9 Å². The first-order chi connectivity index (χ1) is 12.3. The van der Waals surface area contributed by atoms with Crippen molar-refractivity contribution in [3.8, 4) is 11.8 Å². The molecule has 138 valence electrons. The summed E-state index contributed by atoms with van der Waals surface area (Å²) in [4.78, 5) is 29.2. The summed E-state index contributed by atoms with van der Waals surface area (Å²) in [5.74, 6) is 0.429. The SMILES string of the molecule is CC(C)CCn1c(Oc2ccc(F)cc2)nc2c1c(=O)n(C)c(=O)n2C. The van der Waals surface area contributed by atoms with Gasteiger partial charge in [-0.2, -0.15) is 4.98 Å².